The Kier molecular flexibility index (Phi) is 4.11. The van der Waals surface area contributed by atoms with Crippen molar-refractivity contribution in [2.45, 2.75) is 6.92 Å². The average Bonchev–Trinajstić information content (AvgIpc) is 2.56. The molecule has 2 aromatic heterocycles. The zero-order valence-corrected chi connectivity index (χ0v) is 14.7. The maximum atomic E-state index is 12.6. The van der Waals surface area contributed by atoms with Crippen molar-refractivity contribution in [3.05, 3.63) is 60.8 Å². The van der Waals surface area contributed by atoms with Crippen molar-refractivity contribution in [1.82, 2.24) is 14.1 Å². The summed E-state index contributed by atoms with van der Waals surface area (Å²) in [6.07, 6.45) is 1.61. The first kappa shape index (κ1) is 16.5. The highest BCUT2D eigenvalue weighted by Gasteiger charge is 2.16. The number of halogens is 2. The SMILES string of the molecule is Cc1cnc2c(c1Nc1ccc(Cl)c(Cl)c1)c(=O)n(C)c(=O)n2C. The minimum atomic E-state index is -0.427. The number of aromatic nitrogens is 3. The third-order valence-corrected chi connectivity index (χ3v) is 4.59. The van der Waals surface area contributed by atoms with Crippen LogP contribution >= 0.6 is 23.2 Å². The second kappa shape index (κ2) is 5.96. The molecule has 0 radical (unpaired) electrons. The number of hydrogen-bond donors (Lipinski definition) is 1. The van der Waals surface area contributed by atoms with Gasteiger partial charge in [-0.05, 0) is 30.7 Å². The number of pyridine rings is 1. The lowest BCUT2D eigenvalue weighted by Crippen LogP contribution is -2.37. The highest BCUT2D eigenvalue weighted by Crippen LogP contribution is 2.30. The summed E-state index contributed by atoms with van der Waals surface area (Å²) in [6, 6.07) is 5.09. The van der Waals surface area contributed by atoms with Gasteiger partial charge in [-0.15, -0.1) is 0 Å². The normalized spacial score (nSPS) is 11.0. The van der Waals surface area contributed by atoms with Crippen molar-refractivity contribution in [3.8, 4) is 0 Å². The number of anilines is 2. The van der Waals surface area contributed by atoms with E-state index in [1.54, 1.807) is 31.4 Å². The summed E-state index contributed by atoms with van der Waals surface area (Å²) in [7, 11) is 3.02. The second-order valence-electron chi connectivity index (χ2n) is 5.47. The number of hydrogen-bond acceptors (Lipinski definition) is 4. The van der Waals surface area contributed by atoms with E-state index in [0.29, 0.717) is 32.5 Å². The van der Waals surface area contributed by atoms with Crippen LogP contribution in [0.4, 0.5) is 11.4 Å². The number of aryl methyl sites for hydroxylation is 2. The monoisotopic (exact) mass is 364 g/mol. The van der Waals surface area contributed by atoms with E-state index < -0.39 is 11.2 Å². The maximum absolute atomic E-state index is 12.6. The molecular formula is C16H14Cl2N4O2. The van der Waals surface area contributed by atoms with Gasteiger partial charge in [-0.25, -0.2) is 9.78 Å². The molecule has 0 amide bonds. The van der Waals surface area contributed by atoms with Crippen LogP contribution in [0.1, 0.15) is 5.56 Å². The summed E-state index contributed by atoms with van der Waals surface area (Å²) in [5, 5.41) is 4.37. The molecule has 0 fully saturated rings. The van der Waals surface area contributed by atoms with Crippen LogP contribution in [-0.2, 0) is 14.1 Å². The predicted molar refractivity (Wildman–Crippen MR) is 96.7 cm³/mol. The van der Waals surface area contributed by atoms with Gasteiger partial charge in [-0.2, -0.15) is 0 Å². The molecule has 0 atom stereocenters. The lowest BCUT2D eigenvalue weighted by Gasteiger charge is -2.15. The van der Waals surface area contributed by atoms with Crippen LogP contribution in [0, 0.1) is 6.92 Å². The van der Waals surface area contributed by atoms with Gasteiger partial charge >= 0.3 is 5.69 Å². The molecule has 8 heteroatoms. The summed E-state index contributed by atoms with van der Waals surface area (Å²) in [5.41, 5.74) is 1.50. The zero-order chi connectivity index (χ0) is 17.6. The van der Waals surface area contributed by atoms with Gasteiger partial charge in [-0.3, -0.25) is 13.9 Å². The van der Waals surface area contributed by atoms with Crippen LogP contribution in [0.2, 0.25) is 10.0 Å². The molecule has 0 bridgehead atoms. The third kappa shape index (κ3) is 2.57. The fourth-order valence-corrected chi connectivity index (χ4v) is 2.80. The van der Waals surface area contributed by atoms with Crippen LogP contribution in [0.25, 0.3) is 11.0 Å². The van der Waals surface area contributed by atoms with Crippen LogP contribution in [0.3, 0.4) is 0 Å². The number of nitrogens with one attached hydrogen (secondary N) is 1. The molecule has 0 saturated heterocycles. The lowest BCUT2D eigenvalue weighted by molar-refractivity contribution is 0.707. The molecule has 0 aliphatic carbocycles. The Morgan fingerprint density at radius 2 is 1.79 bits per heavy atom. The predicted octanol–water partition coefficient (Wildman–Crippen LogP) is 2.99. The fourth-order valence-electron chi connectivity index (χ4n) is 2.50. The van der Waals surface area contributed by atoms with Gasteiger partial charge in [0.25, 0.3) is 5.56 Å². The molecule has 0 spiro atoms. The maximum Gasteiger partial charge on any atom is 0.332 e. The number of fused-ring (bicyclic) bond motifs is 1. The van der Waals surface area contributed by atoms with Gasteiger partial charge in [0, 0.05) is 26.0 Å². The first-order chi connectivity index (χ1) is 11.3. The summed E-state index contributed by atoms with van der Waals surface area (Å²) in [4.78, 5) is 28.9. The fraction of sp³-hybridized carbons (Fsp3) is 0.188. The van der Waals surface area contributed by atoms with Crippen LogP contribution in [-0.4, -0.2) is 14.1 Å². The van der Waals surface area contributed by atoms with Gasteiger partial charge in [0.05, 0.1) is 15.7 Å². The molecule has 2 heterocycles. The molecule has 124 valence electrons. The highest BCUT2D eigenvalue weighted by molar-refractivity contribution is 6.42. The Labute approximate surface area is 147 Å². The Hall–Kier alpha value is -2.31. The lowest BCUT2D eigenvalue weighted by atomic mass is 10.1. The first-order valence-electron chi connectivity index (χ1n) is 7.08. The number of nitrogens with zero attached hydrogens (tertiary/aromatic N) is 3. The quantitative estimate of drug-likeness (QED) is 0.758. The minimum absolute atomic E-state index is 0.316. The molecule has 0 aliphatic rings. The second-order valence-corrected chi connectivity index (χ2v) is 6.29. The van der Waals surface area contributed by atoms with Crippen molar-refractivity contribution in [3.63, 3.8) is 0 Å². The largest absolute Gasteiger partial charge is 0.354 e. The average molecular weight is 365 g/mol. The summed E-state index contributed by atoms with van der Waals surface area (Å²) in [6.45, 7) is 1.83. The molecule has 1 aromatic carbocycles. The Morgan fingerprint density at radius 1 is 1.08 bits per heavy atom. The summed E-state index contributed by atoms with van der Waals surface area (Å²) in [5.74, 6) is 0. The van der Waals surface area contributed by atoms with E-state index >= 15 is 0 Å². The van der Waals surface area contributed by atoms with Crippen LogP contribution < -0.4 is 16.6 Å². The summed E-state index contributed by atoms with van der Waals surface area (Å²) < 4.78 is 2.40. The van der Waals surface area contributed by atoms with Crippen molar-refractivity contribution >= 4 is 45.6 Å². The first-order valence-corrected chi connectivity index (χ1v) is 7.84. The van der Waals surface area contributed by atoms with Crippen molar-refractivity contribution < 1.29 is 0 Å². The topological polar surface area (TPSA) is 68.9 Å². The molecule has 1 N–H and O–H groups in total. The van der Waals surface area contributed by atoms with Crippen molar-refractivity contribution in [2.24, 2.45) is 14.1 Å². The standard InChI is InChI=1S/C16H14Cl2N4O2/c1-8-7-19-14-12(15(23)22(3)16(24)21(14)2)13(8)20-9-4-5-10(17)11(18)6-9/h4-7H,1-3H3,(H,19,20). The van der Waals surface area contributed by atoms with Crippen molar-refractivity contribution in [2.75, 3.05) is 5.32 Å². The van der Waals surface area contributed by atoms with E-state index in [1.807, 2.05) is 6.92 Å². The minimum Gasteiger partial charge on any atom is -0.354 e. The molecule has 6 nitrogen and oxygen atoms in total. The van der Waals surface area contributed by atoms with E-state index in [0.717, 1.165) is 10.1 Å². The van der Waals surface area contributed by atoms with Crippen LogP contribution in [0.15, 0.2) is 34.0 Å². The van der Waals surface area contributed by atoms with Crippen molar-refractivity contribution in [1.29, 1.82) is 0 Å². The summed E-state index contributed by atoms with van der Waals surface area (Å²) >= 11 is 12.0. The van der Waals surface area contributed by atoms with Gasteiger partial charge in [0.1, 0.15) is 5.39 Å². The third-order valence-electron chi connectivity index (χ3n) is 3.85. The number of benzene rings is 1. The molecule has 3 aromatic rings. The van der Waals surface area contributed by atoms with Gasteiger partial charge in [-0.1, -0.05) is 23.2 Å². The Bertz CT molecular complexity index is 1090. The van der Waals surface area contributed by atoms with E-state index in [2.05, 4.69) is 10.3 Å². The van der Waals surface area contributed by atoms with E-state index in [4.69, 9.17) is 23.2 Å². The van der Waals surface area contributed by atoms with Gasteiger partial charge < -0.3 is 5.32 Å². The Morgan fingerprint density at radius 3 is 2.46 bits per heavy atom. The van der Waals surface area contributed by atoms with E-state index in [1.165, 1.54) is 11.6 Å². The molecule has 0 saturated carbocycles. The number of rotatable bonds is 2. The van der Waals surface area contributed by atoms with Gasteiger partial charge in [0.2, 0.25) is 0 Å². The van der Waals surface area contributed by atoms with E-state index in [-0.39, 0.29) is 0 Å². The Balaban J connectivity index is 2.31. The molecule has 0 aliphatic heterocycles. The van der Waals surface area contributed by atoms with E-state index in [9.17, 15) is 9.59 Å². The molecule has 24 heavy (non-hydrogen) atoms. The molecular weight excluding hydrogens is 351 g/mol. The smallest absolute Gasteiger partial charge is 0.332 e. The molecule has 0 unspecified atom stereocenters. The molecule has 3 rings (SSSR count). The zero-order valence-electron chi connectivity index (χ0n) is 13.2. The highest BCUT2D eigenvalue weighted by atomic mass is 35.5. The van der Waals surface area contributed by atoms with Gasteiger partial charge in [0.15, 0.2) is 5.65 Å². The van der Waals surface area contributed by atoms with Crippen LogP contribution in [0.5, 0.6) is 0 Å².